The third-order valence-corrected chi connectivity index (χ3v) is 4.93. The molecule has 1 heterocycles. The van der Waals surface area contributed by atoms with Gasteiger partial charge in [0.2, 0.25) is 0 Å². The van der Waals surface area contributed by atoms with Crippen LogP contribution in [0.25, 0.3) is 0 Å². The Morgan fingerprint density at radius 2 is 1.65 bits per heavy atom. The number of amides is 4. The third kappa shape index (κ3) is 10.8. The third-order valence-electron chi connectivity index (χ3n) is 4.93. The van der Waals surface area contributed by atoms with Gasteiger partial charge in [-0.2, -0.15) is 0 Å². The zero-order chi connectivity index (χ0) is 27.4. The molecular weight excluding hydrogens is 476 g/mol. The van der Waals surface area contributed by atoms with E-state index in [0.717, 1.165) is 5.56 Å². The van der Waals surface area contributed by atoms with E-state index >= 15 is 0 Å². The molecule has 0 spiro atoms. The summed E-state index contributed by atoms with van der Waals surface area (Å²) in [6.07, 6.45) is 0.951. The molecule has 1 aromatic heterocycles. The minimum Gasteiger partial charge on any atom is -0.444 e. The number of carbonyl (C=O) groups excluding carboxylic acids is 3. The first kappa shape index (κ1) is 29.5. The summed E-state index contributed by atoms with van der Waals surface area (Å²) in [6.45, 7) is 7.70. The van der Waals surface area contributed by atoms with Crippen molar-refractivity contribution >= 4 is 29.4 Å². The number of pyridine rings is 1. The number of hydrogen-bond acceptors (Lipinski definition) is 7. The minimum atomic E-state index is -0.652. The van der Waals surface area contributed by atoms with E-state index in [-0.39, 0.29) is 11.7 Å². The summed E-state index contributed by atoms with van der Waals surface area (Å²) in [5.74, 6) is -0.438. The first-order valence-corrected chi connectivity index (χ1v) is 12.0. The molecule has 3 N–H and O–H groups in total. The van der Waals surface area contributed by atoms with Crippen molar-refractivity contribution in [3.05, 3.63) is 53.9 Å². The average molecular weight is 515 g/mol. The lowest BCUT2D eigenvalue weighted by molar-refractivity contribution is 0.0635. The van der Waals surface area contributed by atoms with Gasteiger partial charge in [0, 0.05) is 39.5 Å². The summed E-state index contributed by atoms with van der Waals surface area (Å²) >= 11 is 0. The van der Waals surface area contributed by atoms with Crippen LogP contribution in [0.3, 0.4) is 0 Å². The molecule has 0 aliphatic rings. The molecule has 0 bridgehead atoms. The summed E-state index contributed by atoms with van der Waals surface area (Å²) in [5, 5.41) is 8.26. The molecular formula is C26H38N6O5. The monoisotopic (exact) mass is 514 g/mol. The molecule has 0 saturated carbocycles. The van der Waals surface area contributed by atoms with Crippen LogP contribution in [-0.4, -0.2) is 85.9 Å². The van der Waals surface area contributed by atoms with E-state index in [2.05, 4.69) is 20.9 Å². The van der Waals surface area contributed by atoms with Gasteiger partial charge < -0.3 is 29.9 Å². The zero-order valence-electron chi connectivity index (χ0n) is 22.5. The largest absolute Gasteiger partial charge is 0.444 e. The summed E-state index contributed by atoms with van der Waals surface area (Å²) in [5.41, 5.74) is 1.13. The van der Waals surface area contributed by atoms with Gasteiger partial charge in [0.15, 0.2) is 0 Å². The maximum absolute atomic E-state index is 12.8. The van der Waals surface area contributed by atoms with Gasteiger partial charge in [-0.05, 0) is 58.6 Å². The Hall–Kier alpha value is -3.70. The predicted octanol–water partition coefficient (Wildman–Crippen LogP) is 3.40. The molecule has 0 radical (unpaired) electrons. The van der Waals surface area contributed by atoms with Crippen molar-refractivity contribution in [3.63, 3.8) is 0 Å². The molecule has 4 amide bonds. The van der Waals surface area contributed by atoms with Gasteiger partial charge >= 0.3 is 12.1 Å². The Bertz CT molecular complexity index is 1040. The second-order valence-electron chi connectivity index (χ2n) is 9.63. The Morgan fingerprint density at radius 1 is 0.973 bits per heavy atom. The van der Waals surface area contributed by atoms with E-state index in [0.29, 0.717) is 44.2 Å². The van der Waals surface area contributed by atoms with Gasteiger partial charge in [0.05, 0.1) is 18.0 Å². The fraction of sp³-hybridized carbons (Fsp3) is 0.462. The van der Waals surface area contributed by atoms with Gasteiger partial charge in [-0.25, -0.2) is 9.59 Å². The number of methoxy groups -OCH3 is 1. The highest BCUT2D eigenvalue weighted by Gasteiger charge is 2.19. The molecule has 202 valence electrons. The van der Waals surface area contributed by atoms with Crippen LogP contribution < -0.4 is 16.0 Å². The van der Waals surface area contributed by atoms with Crippen LogP contribution >= 0.6 is 0 Å². The summed E-state index contributed by atoms with van der Waals surface area (Å²) in [4.78, 5) is 45.6. The van der Waals surface area contributed by atoms with Crippen molar-refractivity contribution in [2.75, 3.05) is 58.1 Å². The van der Waals surface area contributed by atoms with Crippen LogP contribution in [0.2, 0.25) is 0 Å². The molecule has 0 fully saturated rings. The number of urea groups is 1. The minimum absolute atomic E-state index is 0.195. The predicted molar refractivity (Wildman–Crippen MR) is 143 cm³/mol. The summed E-state index contributed by atoms with van der Waals surface area (Å²) in [6, 6.07) is 9.98. The van der Waals surface area contributed by atoms with Gasteiger partial charge in [-0.3, -0.25) is 15.1 Å². The number of hydrogen-bond donors (Lipinski definition) is 3. The number of benzene rings is 1. The van der Waals surface area contributed by atoms with Gasteiger partial charge in [0.25, 0.3) is 5.91 Å². The molecule has 0 atom stereocenters. The zero-order valence-corrected chi connectivity index (χ0v) is 22.5. The quantitative estimate of drug-likeness (QED) is 0.393. The maximum Gasteiger partial charge on any atom is 0.412 e. The van der Waals surface area contributed by atoms with Crippen LogP contribution in [0.4, 0.5) is 21.0 Å². The molecule has 2 rings (SSSR count). The number of nitrogens with one attached hydrogen (secondary N) is 3. The van der Waals surface area contributed by atoms with Crippen LogP contribution in [0, 0.1) is 0 Å². The fourth-order valence-corrected chi connectivity index (χ4v) is 3.12. The molecule has 0 aliphatic carbocycles. The standard InChI is InChI=1S/C26H38N6O5/c1-26(2,3)37-25(35)30-21-10-8-7-9-20(21)29-23(33)22-12-11-19(17-28-22)18-32(15-14-31(4)5)24(34)27-13-16-36-6/h7-12,17H,13-16,18H2,1-6H3,(H,27,34)(H,29,33)(H,30,35). The second kappa shape index (κ2) is 14.1. The Morgan fingerprint density at radius 3 is 2.22 bits per heavy atom. The lowest BCUT2D eigenvalue weighted by Crippen LogP contribution is -2.43. The second-order valence-corrected chi connectivity index (χ2v) is 9.63. The van der Waals surface area contributed by atoms with Crippen molar-refractivity contribution in [2.45, 2.75) is 32.9 Å². The van der Waals surface area contributed by atoms with Crippen LogP contribution in [-0.2, 0) is 16.0 Å². The van der Waals surface area contributed by atoms with Crippen molar-refractivity contribution in [1.82, 2.24) is 20.1 Å². The number of para-hydroxylation sites is 2. The normalized spacial score (nSPS) is 11.1. The molecule has 1 aromatic carbocycles. The first-order chi connectivity index (χ1) is 17.5. The van der Waals surface area contributed by atoms with E-state index < -0.39 is 17.6 Å². The summed E-state index contributed by atoms with van der Waals surface area (Å²) in [7, 11) is 5.46. The number of likely N-dealkylation sites (N-methyl/N-ethyl adjacent to an activating group) is 1. The molecule has 0 unspecified atom stereocenters. The number of aromatic nitrogens is 1. The fourth-order valence-electron chi connectivity index (χ4n) is 3.12. The smallest absolute Gasteiger partial charge is 0.412 e. The van der Waals surface area contributed by atoms with E-state index in [1.54, 1.807) is 75.4 Å². The highest BCUT2D eigenvalue weighted by Crippen LogP contribution is 2.22. The maximum atomic E-state index is 12.8. The lowest BCUT2D eigenvalue weighted by Gasteiger charge is -2.24. The molecule has 11 heteroatoms. The van der Waals surface area contributed by atoms with E-state index in [4.69, 9.17) is 9.47 Å². The molecule has 0 aliphatic heterocycles. The van der Waals surface area contributed by atoms with Gasteiger partial charge in [-0.15, -0.1) is 0 Å². The molecule has 0 saturated heterocycles. The van der Waals surface area contributed by atoms with Gasteiger partial charge in [0.1, 0.15) is 11.3 Å². The molecule has 2 aromatic rings. The summed E-state index contributed by atoms with van der Waals surface area (Å²) < 4.78 is 10.3. The lowest BCUT2D eigenvalue weighted by atomic mass is 10.2. The van der Waals surface area contributed by atoms with E-state index in [9.17, 15) is 14.4 Å². The number of nitrogens with zero attached hydrogens (tertiary/aromatic N) is 3. The number of anilines is 2. The number of rotatable bonds is 11. The number of ether oxygens (including phenoxy) is 2. The highest BCUT2D eigenvalue weighted by molar-refractivity contribution is 6.05. The first-order valence-electron chi connectivity index (χ1n) is 12.0. The van der Waals surface area contributed by atoms with Crippen molar-refractivity contribution in [3.8, 4) is 0 Å². The number of carbonyl (C=O) groups is 3. The Kier molecular flexibility index (Phi) is 11.3. The van der Waals surface area contributed by atoms with Crippen LogP contribution in [0.5, 0.6) is 0 Å². The van der Waals surface area contributed by atoms with Crippen molar-refractivity contribution in [1.29, 1.82) is 0 Å². The SMILES string of the molecule is COCCNC(=O)N(CCN(C)C)Cc1ccc(C(=O)Nc2ccccc2NC(=O)OC(C)(C)C)nc1. The van der Waals surface area contributed by atoms with E-state index in [1.807, 2.05) is 19.0 Å². The van der Waals surface area contributed by atoms with Gasteiger partial charge in [-0.1, -0.05) is 18.2 Å². The topological polar surface area (TPSA) is 125 Å². The molecule has 37 heavy (non-hydrogen) atoms. The van der Waals surface area contributed by atoms with E-state index in [1.165, 1.54) is 0 Å². The Balaban J connectivity index is 2.06. The molecule has 11 nitrogen and oxygen atoms in total. The van der Waals surface area contributed by atoms with Crippen LogP contribution in [0.1, 0.15) is 36.8 Å². The average Bonchev–Trinajstić information content (AvgIpc) is 2.82. The highest BCUT2D eigenvalue weighted by atomic mass is 16.6. The van der Waals surface area contributed by atoms with Crippen molar-refractivity contribution in [2.24, 2.45) is 0 Å². The van der Waals surface area contributed by atoms with Crippen molar-refractivity contribution < 1.29 is 23.9 Å². The Labute approximate surface area is 218 Å². The van der Waals surface area contributed by atoms with Crippen LogP contribution in [0.15, 0.2) is 42.6 Å².